The molecule has 1 atom stereocenters. The predicted molar refractivity (Wildman–Crippen MR) is 65.9 cm³/mol. The number of alkyl halides is 2. The van der Waals surface area contributed by atoms with E-state index in [-0.39, 0.29) is 11.5 Å². The molecule has 0 aliphatic carbocycles. The minimum absolute atomic E-state index is 0.00456. The van der Waals surface area contributed by atoms with Crippen LogP contribution in [0.2, 0.25) is 0 Å². The third-order valence-corrected chi connectivity index (χ3v) is 3.05. The maximum absolute atomic E-state index is 12.0. The maximum atomic E-state index is 12.0. The summed E-state index contributed by atoms with van der Waals surface area (Å²) < 4.78 is 28.3. The number of benzene rings is 1. The van der Waals surface area contributed by atoms with Crippen LogP contribution in [0.3, 0.4) is 0 Å². The monoisotopic (exact) mass is 254 g/mol. The average Bonchev–Trinajstić information content (AvgIpc) is 2.29. The van der Waals surface area contributed by atoms with Crippen LogP contribution in [0.5, 0.6) is 5.75 Å². The van der Waals surface area contributed by atoms with E-state index >= 15 is 0 Å². The molecule has 1 aromatic carbocycles. The Morgan fingerprint density at radius 3 is 2.39 bits per heavy atom. The number of ether oxygens (including phenoxy) is 1. The molecule has 0 radical (unpaired) electrons. The summed E-state index contributed by atoms with van der Waals surface area (Å²) in [5.41, 5.74) is 0.0852. The van der Waals surface area contributed by atoms with Gasteiger partial charge in [0.25, 0.3) is 0 Å². The Kier molecular flexibility index (Phi) is 4.59. The van der Waals surface area contributed by atoms with E-state index in [1.54, 1.807) is 25.1 Å². The van der Waals surface area contributed by atoms with Crippen molar-refractivity contribution in [1.82, 2.24) is 0 Å². The van der Waals surface area contributed by atoms with Crippen molar-refractivity contribution in [3.63, 3.8) is 0 Å². The van der Waals surface area contributed by atoms with Crippen molar-refractivity contribution in [2.24, 2.45) is 0 Å². The third kappa shape index (κ3) is 3.15. The van der Waals surface area contributed by atoms with Crippen LogP contribution in [0.15, 0.2) is 36.9 Å². The number of hydrogen-bond donors (Lipinski definition) is 0. The van der Waals surface area contributed by atoms with Gasteiger partial charge in [0.1, 0.15) is 11.5 Å². The number of allylic oxidation sites excluding steroid dienone is 1. The molecule has 1 aromatic rings. The predicted octanol–water partition coefficient (Wildman–Crippen LogP) is 3.71. The summed E-state index contributed by atoms with van der Waals surface area (Å²) in [6.07, 6.45) is 2.17. The first kappa shape index (κ1) is 14.4. The SMILES string of the molecule is C=CCC(C)(C(C)=O)c1ccc(OC(F)F)cc1. The quantitative estimate of drug-likeness (QED) is 0.723. The number of rotatable bonds is 6. The molecule has 0 aliphatic heterocycles. The molecule has 0 saturated heterocycles. The van der Waals surface area contributed by atoms with Gasteiger partial charge in [0.15, 0.2) is 0 Å². The lowest BCUT2D eigenvalue weighted by molar-refractivity contribution is -0.121. The molecule has 1 unspecified atom stereocenters. The summed E-state index contributed by atoms with van der Waals surface area (Å²) >= 11 is 0. The van der Waals surface area contributed by atoms with Crippen LogP contribution >= 0.6 is 0 Å². The van der Waals surface area contributed by atoms with Crippen LogP contribution in [0.4, 0.5) is 8.78 Å². The van der Waals surface area contributed by atoms with Crippen molar-refractivity contribution >= 4 is 5.78 Å². The van der Waals surface area contributed by atoms with E-state index in [0.29, 0.717) is 6.42 Å². The van der Waals surface area contributed by atoms with Gasteiger partial charge in [-0.15, -0.1) is 6.58 Å². The largest absolute Gasteiger partial charge is 0.435 e. The first-order valence-electron chi connectivity index (χ1n) is 5.57. The van der Waals surface area contributed by atoms with Crippen molar-refractivity contribution in [3.05, 3.63) is 42.5 Å². The summed E-state index contributed by atoms with van der Waals surface area (Å²) in [7, 11) is 0. The lowest BCUT2D eigenvalue weighted by atomic mass is 9.76. The van der Waals surface area contributed by atoms with Gasteiger partial charge < -0.3 is 4.74 Å². The molecule has 0 bridgehead atoms. The van der Waals surface area contributed by atoms with Gasteiger partial charge in [-0.25, -0.2) is 0 Å². The summed E-state index contributed by atoms with van der Waals surface area (Å²) in [6, 6.07) is 6.13. The molecule has 0 aliphatic rings. The first-order chi connectivity index (χ1) is 8.40. The zero-order valence-corrected chi connectivity index (χ0v) is 10.5. The molecule has 0 N–H and O–H groups in total. The Hall–Kier alpha value is -1.71. The van der Waals surface area contributed by atoms with E-state index in [1.807, 2.05) is 0 Å². The number of carbonyl (C=O) groups excluding carboxylic acids is 1. The summed E-state index contributed by atoms with van der Waals surface area (Å²) in [5, 5.41) is 0. The van der Waals surface area contributed by atoms with Crippen molar-refractivity contribution in [2.45, 2.75) is 32.3 Å². The number of ketones is 1. The molecule has 0 fully saturated rings. The molecule has 98 valence electrons. The molecule has 0 heterocycles. The zero-order valence-electron chi connectivity index (χ0n) is 10.5. The molecule has 0 aromatic heterocycles. The van der Waals surface area contributed by atoms with E-state index in [0.717, 1.165) is 5.56 Å². The molecule has 0 spiro atoms. The number of Topliss-reactive ketones (excluding diaryl/α,β-unsaturated/α-hetero) is 1. The Morgan fingerprint density at radius 1 is 1.44 bits per heavy atom. The molecule has 18 heavy (non-hydrogen) atoms. The highest BCUT2D eigenvalue weighted by Crippen LogP contribution is 2.30. The second kappa shape index (κ2) is 5.76. The number of hydrogen-bond acceptors (Lipinski definition) is 2. The van der Waals surface area contributed by atoms with Crippen LogP contribution in [0, 0.1) is 0 Å². The van der Waals surface area contributed by atoms with E-state index < -0.39 is 12.0 Å². The topological polar surface area (TPSA) is 26.3 Å². The summed E-state index contributed by atoms with van der Waals surface area (Å²) in [5.74, 6) is 0.0863. The van der Waals surface area contributed by atoms with E-state index in [2.05, 4.69) is 11.3 Å². The van der Waals surface area contributed by atoms with Crippen LogP contribution in [-0.2, 0) is 10.2 Å². The van der Waals surface area contributed by atoms with Crippen molar-refractivity contribution in [2.75, 3.05) is 0 Å². The molecule has 0 saturated carbocycles. The van der Waals surface area contributed by atoms with Gasteiger partial charge in [-0.05, 0) is 38.0 Å². The smallest absolute Gasteiger partial charge is 0.387 e. The van der Waals surface area contributed by atoms with Crippen LogP contribution in [0.1, 0.15) is 25.8 Å². The van der Waals surface area contributed by atoms with Gasteiger partial charge in [0.05, 0.1) is 5.41 Å². The first-order valence-corrected chi connectivity index (χ1v) is 5.57. The summed E-state index contributed by atoms with van der Waals surface area (Å²) in [6.45, 7) is 4.10. The second-order valence-corrected chi connectivity index (χ2v) is 4.28. The van der Waals surface area contributed by atoms with E-state index in [1.165, 1.54) is 19.1 Å². The Morgan fingerprint density at radius 2 is 2.00 bits per heavy atom. The fourth-order valence-corrected chi connectivity index (χ4v) is 1.76. The molecule has 2 nitrogen and oxygen atoms in total. The highest BCUT2D eigenvalue weighted by atomic mass is 19.3. The van der Waals surface area contributed by atoms with Crippen LogP contribution < -0.4 is 4.74 Å². The fraction of sp³-hybridized carbons (Fsp3) is 0.357. The van der Waals surface area contributed by atoms with E-state index in [4.69, 9.17) is 0 Å². The Labute approximate surface area is 105 Å². The second-order valence-electron chi connectivity index (χ2n) is 4.28. The van der Waals surface area contributed by atoms with Gasteiger partial charge >= 0.3 is 6.61 Å². The lowest BCUT2D eigenvalue weighted by Crippen LogP contribution is -2.29. The lowest BCUT2D eigenvalue weighted by Gasteiger charge is -2.26. The normalized spacial score (nSPS) is 14.1. The maximum Gasteiger partial charge on any atom is 0.387 e. The highest BCUT2D eigenvalue weighted by Gasteiger charge is 2.30. The molecule has 0 amide bonds. The molecular weight excluding hydrogens is 238 g/mol. The minimum Gasteiger partial charge on any atom is -0.435 e. The van der Waals surface area contributed by atoms with Gasteiger partial charge in [0, 0.05) is 0 Å². The van der Waals surface area contributed by atoms with Crippen molar-refractivity contribution in [3.8, 4) is 5.75 Å². The number of carbonyl (C=O) groups is 1. The summed E-state index contributed by atoms with van der Waals surface area (Å²) in [4.78, 5) is 11.7. The van der Waals surface area contributed by atoms with Crippen LogP contribution in [0.25, 0.3) is 0 Å². The third-order valence-electron chi connectivity index (χ3n) is 3.05. The van der Waals surface area contributed by atoms with Crippen molar-refractivity contribution < 1.29 is 18.3 Å². The Bertz CT molecular complexity index is 426. The standard InChI is InChI=1S/C14H16F2O2/c1-4-9-14(3,10(2)17)11-5-7-12(8-6-11)18-13(15)16/h4-8,13H,1,9H2,2-3H3. The van der Waals surface area contributed by atoms with Crippen LogP contribution in [-0.4, -0.2) is 12.4 Å². The Balaban J connectivity index is 3.01. The fourth-order valence-electron chi connectivity index (χ4n) is 1.76. The van der Waals surface area contributed by atoms with Gasteiger partial charge in [-0.1, -0.05) is 18.2 Å². The highest BCUT2D eigenvalue weighted by molar-refractivity contribution is 5.87. The van der Waals surface area contributed by atoms with Gasteiger partial charge in [0.2, 0.25) is 0 Å². The van der Waals surface area contributed by atoms with Gasteiger partial charge in [-0.2, -0.15) is 8.78 Å². The molecule has 4 heteroatoms. The number of halogens is 2. The molecular formula is C14H16F2O2. The van der Waals surface area contributed by atoms with E-state index in [9.17, 15) is 13.6 Å². The van der Waals surface area contributed by atoms with Crippen molar-refractivity contribution in [1.29, 1.82) is 0 Å². The zero-order chi connectivity index (χ0) is 13.8. The average molecular weight is 254 g/mol. The molecule has 1 rings (SSSR count). The van der Waals surface area contributed by atoms with Gasteiger partial charge in [-0.3, -0.25) is 4.79 Å². The minimum atomic E-state index is -2.84.